The summed E-state index contributed by atoms with van der Waals surface area (Å²) in [5.41, 5.74) is 5.46. The van der Waals surface area contributed by atoms with Crippen LogP contribution in [0.5, 0.6) is 0 Å². The number of rotatable bonds is 10. The molecule has 8 nitrogen and oxygen atoms in total. The van der Waals surface area contributed by atoms with E-state index in [1.165, 1.54) is 7.11 Å². The quantitative estimate of drug-likeness (QED) is 0.132. The number of alkyl carbamates (subject to hydrolysis) is 1. The van der Waals surface area contributed by atoms with Crippen LogP contribution in [0, 0.1) is 0 Å². The zero-order valence-electron chi connectivity index (χ0n) is 25.5. The lowest BCUT2D eigenvalue weighted by Crippen LogP contribution is -2.48. The number of para-hydroxylation sites is 2. The Balaban J connectivity index is 1.14. The van der Waals surface area contributed by atoms with E-state index in [2.05, 4.69) is 27.0 Å². The number of hydrogen-bond donors (Lipinski definition) is 4. The first kappa shape index (κ1) is 31.4. The number of nitrogens with one attached hydrogen (secondary N) is 4. The van der Waals surface area contributed by atoms with Crippen molar-refractivity contribution in [2.24, 2.45) is 0 Å². The van der Waals surface area contributed by atoms with Gasteiger partial charge in [0.25, 0.3) is 0 Å². The molecule has 0 radical (unpaired) electrons. The van der Waals surface area contributed by atoms with Crippen molar-refractivity contribution in [3.63, 3.8) is 0 Å². The number of aromatic amines is 1. The van der Waals surface area contributed by atoms with E-state index in [4.69, 9.17) is 21.1 Å². The van der Waals surface area contributed by atoms with E-state index >= 15 is 0 Å². The van der Waals surface area contributed by atoms with Crippen LogP contribution in [0.15, 0.2) is 109 Å². The molecule has 1 fully saturated rings. The maximum absolute atomic E-state index is 14.0. The number of methoxy groups -OCH3 is 1. The Morgan fingerprint density at radius 2 is 1.63 bits per heavy atom. The standard InChI is InChI=1S/C37H37ClN4O4/c1-45-37(44)42-35(33(25-12-4-2-5-13-25)26-14-6-3-7-15-26)36(43)41-30-18-9-8-11-24(30)19-20-28-22-39-32(23-46-28)31-21-27-16-10-17-29(38)34(27)40-31/h2-18,21,28,32-33,35,39-40H,19-20,22-23H2,1H3,(H,41,43)(H,42,44)/t28-,32+,35+/m1/s1. The Morgan fingerprint density at radius 3 is 2.28 bits per heavy atom. The van der Waals surface area contributed by atoms with Crippen LogP contribution in [-0.2, 0) is 20.7 Å². The molecule has 0 spiro atoms. The summed E-state index contributed by atoms with van der Waals surface area (Å²) >= 11 is 6.36. The molecule has 0 unspecified atom stereocenters. The number of morpholine rings is 1. The van der Waals surface area contributed by atoms with Crippen LogP contribution >= 0.6 is 11.6 Å². The third-order valence-corrected chi connectivity index (χ3v) is 8.81. The van der Waals surface area contributed by atoms with Crippen molar-refractivity contribution in [1.82, 2.24) is 15.6 Å². The lowest BCUT2D eigenvalue weighted by atomic mass is 9.84. The second-order valence-electron chi connectivity index (χ2n) is 11.4. The number of ether oxygens (including phenoxy) is 2. The number of fused-ring (bicyclic) bond motifs is 1. The predicted octanol–water partition coefficient (Wildman–Crippen LogP) is 6.98. The maximum Gasteiger partial charge on any atom is 0.407 e. The molecule has 1 aliphatic rings. The molecule has 46 heavy (non-hydrogen) atoms. The first-order valence-corrected chi connectivity index (χ1v) is 15.8. The third kappa shape index (κ3) is 7.26. The van der Waals surface area contributed by atoms with E-state index in [1.54, 1.807) is 0 Å². The molecule has 1 saturated heterocycles. The van der Waals surface area contributed by atoms with Gasteiger partial charge in [0, 0.05) is 29.2 Å². The molecule has 3 atom stereocenters. The number of aryl methyl sites for hydroxylation is 1. The van der Waals surface area contributed by atoms with Crippen molar-refractivity contribution in [3.8, 4) is 0 Å². The molecule has 4 aromatic carbocycles. The first-order chi connectivity index (χ1) is 22.5. The summed E-state index contributed by atoms with van der Waals surface area (Å²) in [6.07, 6.45) is 0.806. The normalized spacial score (nSPS) is 17.0. The van der Waals surface area contributed by atoms with Gasteiger partial charge < -0.3 is 30.4 Å². The molecular formula is C37H37ClN4O4. The number of anilines is 1. The fourth-order valence-electron chi connectivity index (χ4n) is 6.11. The number of carbonyl (C=O) groups is 2. The van der Waals surface area contributed by atoms with Gasteiger partial charge in [0.15, 0.2) is 0 Å². The SMILES string of the molecule is COC(=O)N[C@H](C(=O)Nc1ccccc1CC[C@@H]1CN[C@H](c2cc3cccc(Cl)c3[nH]2)CO1)C(c1ccccc1)c1ccccc1. The molecule has 1 aromatic heterocycles. The summed E-state index contributed by atoms with van der Waals surface area (Å²) in [6, 6.07) is 34.2. The molecule has 6 rings (SSSR count). The Kier molecular flexibility index (Phi) is 9.98. The minimum atomic E-state index is -0.937. The molecule has 4 N–H and O–H groups in total. The second kappa shape index (κ2) is 14.6. The Labute approximate surface area is 273 Å². The molecule has 0 aliphatic carbocycles. The molecule has 0 bridgehead atoms. The molecular weight excluding hydrogens is 600 g/mol. The highest BCUT2D eigenvalue weighted by Crippen LogP contribution is 2.31. The van der Waals surface area contributed by atoms with Gasteiger partial charge in [0.1, 0.15) is 6.04 Å². The predicted molar refractivity (Wildman–Crippen MR) is 181 cm³/mol. The number of aromatic nitrogens is 1. The summed E-state index contributed by atoms with van der Waals surface area (Å²) in [5.74, 6) is -0.788. The van der Waals surface area contributed by atoms with Crippen LogP contribution in [0.1, 0.15) is 40.8 Å². The maximum atomic E-state index is 14.0. The van der Waals surface area contributed by atoms with E-state index < -0.39 is 18.1 Å². The van der Waals surface area contributed by atoms with Gasteiger partial charge in [0.2, 0.25) is 5.91 Å². The van der Waals surface area contributed by atoms with E-state index in [-0.39, 0.29) is 18.1 Å². The van der Waals surface area contributed by atoms with Crippen LogP contribution in [0.4, 0.5) is 10.5 Å². The van der Waals surface area contributed by atoms with Crippen LogP contribution in [0.25, 0.3) is 10.9 Å². The number of carbonyl (C=O) groups excluding carboxylic acids is 2. The average Bonchev–Trinajstić information content (AvgIpc) is 3.54. The number of amides is 2. The van der Waals surface area contributed by atoms with E-state index in [1.807, 2.05) is 103 Å². The molecule has 2 amide bonds. The molecule has 1 aliphatic heterocycles. The minimum absolute atomic E-state index is 0.0160. The van der Waals surface area contributed by atoms with Crippen LogP contribution in [0.3, 0.4) is 0 Å². The summed E-state index contributed by atoms with van der Waals surface area (Å²) in [7, 11) is 1.29. The average molecular weight is 637 g/mol. The van der Waals surface area contributed by atoms with E-state index in [0.29, 0.717) is 30.3 Å². The van der Waals surface area contributed by atoms with Gasteiger partial charge in [-0.05, 0) is 47.7 Å². The van der Waals surface area contributed by atoms with Crippen molar-refractivity contribution >= 4 is 40.2 Å². The van der Waals surface area contributed by atoms with Gasteiger partial charge >= 0.3 is 6.09 Å². The summed E-state index contributed by atoms with van der Waals surface area (Å²) < 4.78 is 11.2. The molecule has 2 heterocycles. The zero-order valence-corrected chi connectivity index (χ0v) is 26.3. The van der Waals surface area contributed by atoms with Crippen molar-refractivity contribution in [1.29, 1.82) is 0 Å². The molecule has 5 aromatic rings. The summed E-state index contributed by atoms with van der Waals surface area (Å²) in [4.78, 5) is 30.0. The topological polar surface area (TPSA) is 104 Å². The second-order valence-corrected chi connectivity index (χ2v) is 11.8. The lowest BCUT2D eigenvalue weighted by Gasteiger charge is -2.30. The van der Waals surface area contributed by atoms with E-state index in [0.717, 1.165) is 39.7 Å². The van der Waals surface area contributed by atoms with Crippen LogP contribution < -0.4 is 16.0 Å². The summed E-state index contributed by atoms with van der Waals surface area (Å²) in [5, 5.41) is 11.3. The highest BCUT2D eigenvalue weighted by atomic mass is 35.5. The minimum Gasteiger partial charge on any atom is -0.453 e. The molecule has 0 saturated carbocycles. The monoisotopic (exact) mass is 636 g/mol. The Bertz CT molecular complexity index is 1730. The summed E-state index contributed by atoms with van der Waals surface area (Å²) in [6.45, 7) is 1.23. The van der Waals surface area contributed by atoms with E-state index in [9.17, 15) is 9.59 Å². The number of hydrogen-bond acceptors (Lipinski definition) is 5. The number of H-pyrrole nitrogens is 1. The first-order valence-electron chi connectivity index (χ1n) is 15.5. The number of halogens is 1. The smallest absolute Gasteiger partial charge is 0.407 e. The fourth-order valence-corrected chi connectivity index (χ4v) is 6.34. The van der Waals surface area contributed by atoms with Crippen LogP contribution in [0.2, 0.25) is 5.02 Å². The number of benzene rings is 4. The van der Waals surface area contributed by atoms with Gasteiger partial charge in [-0.1, -0.05) is 103 Å². The van der Waals surface area contributed by atoms with Crippen molar-refractivity contribution in [2.75, 3.05) is 25.6 Å². The van der Waals surface area contributed by atoms with Gasteiger partial charge in [-0.3, -0.25) is 4.79 Å². The Morgan fingerprint density at radius 1 is 0.935 bits per heavy atom. The largest absolute Gasteiger partial charge is 0.453 e. The fraction of sp³-hybridized carbons (Fsp3) is 0.243. The van der Waals surface area contributed by atoms with Crippen LogP contribution in [-0.4, -0.2) is 49.4 Å². The Hall–Kier alpha value is -4.63. The van der Waals surface area contributed by atoms with Crippen molar-refractivity contribution in [3.05, 3.63) is 137 Å². The highest BCUT2D eigenvalue weighted by molar-refractivity contribution is 6.35. The van der Waals surface area contributed by atoms with Gasteiger partial charge in [-0.25, -0.2) is 4.79 Å². The van der Waals surface area contributed by atoms with Gasteiger partial charge in [-0.2, -0.15) is 0 Å². The lowest BCUT2D eigenvalue weighted by molar-refractivity contribution is -0.118. The van der Waals surface area contributed by atoms with Crippen molar-refractivity contribution < 1.29 is 19.1 Å². The highest BCUT2D eigenvalue weighted by Gasteiger charge is 2.33. The molecule has 9 heteroatoms. The third-order valence-electron chi connectivity index (χ3n) is 8.49. The zero-order chi connectivity index (χ0) is 31.9. The van der Waals surface area contributed by atoms with Gasteiger partial charge in [-0.15, -0.1) is 0 Å². The molecule has 236 valence electrons. The van der Waals surface area contributed by atoms with Crippen molar-refractivity contribution in [2.45, 2.75) is 36.9 Å². The van der Waals surface area contributed by atoms with Gasteiger partial charge in [0.05, 0.1) is 36.4 Å².